The van der Waals surface area contributed by atoms with Crippen LogP contribution in [0.1, 0.15) is 5.56 Å². The average molecular weight is 364 g/mol. The second-order valence-electron chi connectivity index (χ2n) is 4.48. The summed E-state index contributed by atoms with van der Waals surface area (Å²) in [5.41, 5.74) is -0.472. The number of alkyl halides is 3. The van der Waals surface area contributed by atoms with Crippen LogP contribution in [0.25, 0.3) is 0 Å². The molecule has 0 radical (unpaired) electrons. The van der Waals surface area contributed by atoms with Crippen molar-refractivity contribution in [3.05, 3.63) is 58.1 Å². The fourth-order valence-corrected chi connectivity index (χ4v) is 2.01. The zero-order valence-electron chi connectivity index (χ0n) is 11.5. The third-order valence-electron chi connectivity index (χ3n) is 2.75. The topological polar surface area (TPSA) is 38.3 Å². The molecule has 3 nitrogen and oxygen atoms in total. The van der Waals surface area contributed by atoms with Crippen LogP contribution in [0, 0.1) is 0 Å². The second kappa shape index (κ2) is 7.10. The molecule has 0 aliphatic rings. The lowest BCUT2D eigenvalue weighted by Gasteiger charge is -2.10. The van der Waals surface area contributed by atoms with Crippen molar-refractivity contribution in [3.63, 3.8) is 0 Å². The largest absolute Gasteiger partial charge is 0.484 e. The van der Waals surface area contributed by atoms with E-state index in [1.807, 2.05) is 0 Å². The number of benzene rings is 2. The number of hydrogen-bond acceptors (Lipinski definition) is 2. The minimum Gasteiger partial charge on any atom is -0.484 e. The summed E-state index contributed by atoms with van der Waals surface area (Å²) in [6.45, 7) is -0.381. The molecule has 8 heteroatoms. The first-order valence-electron chi connectivity index (χ1n) is 6.30. The molecule has 1 amide bonds. The third-order valence-corrected chi connectivity index (χ3v) is 3.32. The van der Waals surface area contributed by atoms with E-state index in [0.29, 0.717) is 15.7 Å². The molecule has 0 fully saturated rings. The molecule has 122 valence electrons. The lowest BCUT2D eigenvalue weighted by Crippen LogP contribution is -2.20. The van der Waals surface area contributed by atoms with Crippen LogP contribution in [0.3, 0.4) is 0 Å². The number of carbonyl (C=O) groups excluding carboxylic acids is 1. The smallest absolute Gasteiger partial charge is 0.416 e. The third kappa shape index (κ3) is 5.04. The van der Waals surface area contributed by atoms with Gasteiger partial charge in [-0.2, -0.15) is 13.2 Å². The summed E-state index contributed by atoms with van der Waals surface area (Å²) in [6, 6.07) is 8.60. The molecular weight excluding hydrogens is 354 g/mol. The Bertz CT molecular complexity index is 703. The maximum Gasteiger partial charge on any atom is 0.416 e. The fraction of sp³-hybridized carbons (Fsp3) is 0.133. The van der Waals surface area contributed by atoms with Crippen molar-refractivity contribution >= 4 is 34.8 Å². The summed E-state index contributed by atoms with van der Waals surface area (Å²) >= 11 is 11.7. The Morgan fingerprint density at radius 1 is 1.09 bits per heavy atom. The number of nitrogens with one attached hydrogen (secondary N) is 1. The molecule has 0 bridgehead atoms. The van der Waals surface area contributed by atoms with E-state index in [2.05, 4.69) is 5.32 Å². The molecule has 0 aliphatic carbocycles. The van der Waals surface area contributed by atoms with E-state index in [4.69, 9.17) is 27.9 Å². The van der Waals surface area contributed by atoms with Crippen molar-refractivity contribution in [2.24, 2.45) is 0 Å². The molecule has 0 unspecified atom stereocenters. The molecule has 23 heavy (non-hydrogen) atoms. The van der Waals surface area contributed by atoms with Gasteiger partial charge < -0.3 is 10.1 Å². The van der Waals surface area contributed by atoms with E-state index in [0.717, 1.165) is 24.3 Å². The SMILES string of the molecule is O=C(COc1ccc(C(F)(F)F)cc1)Nc1cc(Cl)ccc1Cl. The Labute approximate surface area is 140 Å². The molecule has 0 heterocycles. The number of carbonyl (C=O) groups is 1. The minimum atomic E-state index is -4.42. The zero-order valence-corrected chi connectivity index (χ0v) is 13.0. The van der Waals surface area contributed by atoms with E-state index in [9.17, 15) is 18.0 Å². The van der Waals surface area contributed by atoms with Crippen LogP contribution in [0.4, 0.5) is 18.9 Å². The highest BCUT2D eigenvalue weighted by Crippen LogP contribution is 2.30. The molecular formula is C15H10Cl2F3NO2. The number of hydrogen-bond donors (Lipinski definition) is 1. The summed E-state index contributed by atoms with van der Waals surface area (Å²) in [4.78, 5) is 11.8. The Hall–Kier alpha value is -1.92. The lowest BCUT2D eigenvalue weighted by atomic mass is 10.2. The number of ether oxygens (including phenoxy) is 1. The van der Waals surface area contributed by atoms with E-state index < -0.39 is 17.6 Å². The first-order valence-corrected chi connectivity index (χ1v) is 7.06. The van der Waals surface area contributed by atoms with E-state index in [1.54, 1.807) is 6.07 Å². The summed E-state index contributed by atoms with van der Waals surface area (Å²) in [5.74, 6) is -0.376. The first kappa shape index (κ1) is 17.4. The van der Waals surface area contributed by atoms with Gasteiger partial charge in [0.25, 0.3) is 5.91 Å². The Balaban J connectivity index is 1.93. The Kier molecular flexibility index (Phi) is 5.38. The van der Waals surface area contributed by atoms with Crippen molar-refractivity contribution in [2.45, 2.75) is 6.18 Å². The first-order chi connectivity index (χ1) is 10.8. The highest BCUT2D eigenvalue weighted by molar-refractivity contribution is 6.35. The quantitative estimate of drug-likeness (QED) is 0.827. The predicted octanol–water partition coefficient (Wildman–Crippen LogP) is 5.03. The number of anilines is 1. The van der Waals surface area contributed by atoms with Crippen molar-refractivity contribution in [1.82, 2.24) is 0 Å². The summed E-state index contributed by atoms with van der Waals surface area (Å²) in [7, 11) is 0. The minimum absolute atomic E-state index is 0.144. The van der Waals surface area contributed by atoms with Crippen LogP contribution in [0.5, 0.6) is 5.75 Å². The van der Waals surface area contributed by atoms with E-state index in [-0.39, 0.29) is 12.4 Å². The second-order valence-corrected chi connectivity index (χ2v) is 5.33. The van der Waals surface area contributed by atoms with Gasteiger partial charge in [0.1, 0.15) is 5.75 Å². The number of halogens is 5. The fourth-order valence-electron chi connectivity index (χ4n) is 1.67. The highest BCUT2D eigenvalue weighted by Gasteiger charge is 2.30. The molecule has 0 saturated carbocycles. The molecule has 0 saturated heterocycles. The molecule has 0 atom stereocenters. The van der Waals surface area contributed by atoms with E-state index >= 15 is 0 Å². The van der Waals surface area contributed by atoms with E-state index in [1.165, 1.54) is 12.1 Å². The molecule has 0 aliphatic heterocycles. The van der Waals surface area contributed by atoms with Gasteiger partial charge in [0.15, 0.2) is 6.61 Å². The van der Waals surface area contributed by atoms with Gasteiger partial charge >= 0.3 is 6.18 Å². The van der Waals surface area contributed by atoms with Gasteiger partial charge in [-0.25, -0.2) is 0 Å². The summed E-state index contributed by atoms with van der Waals surface area (Å²) < 4.78 is 42.4. The summed E-state index contributed by atoms with van der Waals surface area (Å²) in [6.07, 6.45) is -4.42. The van der Waals surface area contributed by atoms with Crippen LogP contribution in [-0.4, -0.2) is 12.5 Å². The maximum absolute atomic E-state index is 12.4. The van der Waals surface area contributed by atoms with Crippen molar-refractivity contribution in [3.8, 4) is 5.75 Å². The van der Waals surface area contributed by atoms with Gasteiger partial charge in [-0.1, -0.05) is 23.2 Å². The van der Waals surface area contributed by atoms with Gasteiger partial charge in [-0.15, -0.1) is 0 Å². The van der Waals surface area contributed by atoms with Gasteiger partial charge in [-0.3, -0.25) is 4.79 Å². The number of rotatable bonds is 4. The van der Waals surface area contributed by atoms with Gasteiger partial charge in [0.05, 0.1) is 16.3 Å². The van der Waals surface area contributed by atoms with Crippen LogP contribution >= 0.6 is 23.2 Å². The van der Waals surface area contributed by atoms with Crippen LogP contribution in [-0.2, 0) is 11.0 Å². The average Bonchev–Trinajstić information content (AvgIpc) is 2.48. The Morgan fingerprint density at radius 3 is 2.35 bits per heavy atom. The molecule has 2 aromatic rings. The van der Waals surface area contributed by atoms with Crippen molar-refractivity contribution < 1.29 is 22.7 Å². The monoisotopic (exact) mass is 363 g/mol. The molecule has 0 aromatic heterocycles. The van der Waals surface area contributed by atoms with Gasteiger partial charge in [0, 0.05) is 5.02 Å². The molecule has 1 N–H and O–H groups in total. The normalized spacial score (nSPS) is 11.2. The highest BCUT2D eigenvalue weighted by atomic mass is 35.5. The van der Waals surface area contributed by atoms with Crippen LogP contribution in [0.15, 0.2) is 42.5 Å². The maximum atomic E-state index is 12.4. The van der Waals surface area contributed by atoms with Gasteiger partial charge in [0.2, 0.25) is 0 Å². The molecule has 0 spiro atoms. The van der Waals surface area contributed by atoms with Gasteiger partial charge in [-0.05, 0) is 42.5 Å². The van der Waals surface area contributed by atoms with Crippen LogP contribution in [0.2, 0.25) is 10.0 Å². The Morgan fingerprint density at radius 2 is 1.74 bits per heavy atom. The zero-order chi connectivity index (χ0) is 17.0. The molecule has 2 rings (SSSR count). The number of amides is 1. The van der Waals surface area contributed by atoms with Crippen molar-refractivity contribution in [1.29, 1.82) is 0 Å². The van der Waals surface area contributed by atoms with Crippen LogP contribution < -0.4 is 10.1 Å². The predicted molar refractivity (Wildman–Crippen MR) is 82.0 cm³/mol. The summed E-state index contributed by atoms with van der Waals surface area (Å²) in [5, 5.41) is 3.20. The molecule has 2 aromatic carbocycles. The standard InChI is InChI=1S/C15H10Cl2F3NO2/c16-10-3-6-12(17)13(7-10)21-14(22)8-23-11-4-1-9(2-5-11)15(18,19)20/h1-7H,8H2,(H,21,22). The van der Waals surface area contributed by atoms with Crippen molar-refractivity contribution in [2.75, 3.05) is 11.9 Å². The lowest BCUT2D eigenvalue weighted by molar-refractivity contribution is -0.137.